The number of rotatable bonds is 6. The standard InChI is InChI=1S/C21H19N3O5S/c25-18-13-30-17-9-4-3-8-16(17)24(18)12-19(26)29-11-5-10-23-20(27)14-6-1-2-7-15(14)22-21(23)28/h1-4,6-9H,5,10-13H2,(H,22,28). The third-order valence-corrected chi connectivity index (χ3v) is 5.82. The smallest absolute Gasteiger partial charge is 0.328 e. The van der Waals surface area contributed by atoms with E-state index in [0.717, 1.165) is 9.46 Å². The lowest BCUT2D eigenvalue weighted by Gasteiger charge is -2.27. The molecule has 0 fully saturated rings. The third kappa shape index (κ3) is 4.02. The third-order valence-electron chi connectivity index (χ3n) is 4.77. The largest absolute Gasteiger partial charge is 0.464 e. The fraction of sp³-hybridized carbons (Fsp3) is 0.238. The van der Waals surface area contributed by atoms with E-state index >= 15 is 0 Å². The maximum atomic E-state index is 12.5. The van der Waals surface area contributed by atoms with E-state index in [4.69, 9.17) is 4.74 Å². The van der Waals surface area contributed by atoms with Crippen molar-refractivity contribution in [1.29, 1.82) is 0 Å². The Balaban J connectivity index is 1.35. The van der Waals surface area contributed by atoms with Gasteiger partial charge in [-0.3, -0.25) is 23.9 Å². The van der Waals surface area contributed by atoms with E-state index in [0.29, 0.717) is 23.0 Å². The van der Waals surface area contributed by atoms with Crippen molar-refractivity contribution in [3.05, 3.63) is 69.4 Å². The Morgan fingerprint density at radius 3 is 2.70 bits per heavy atom. The van der Waals surface area contributed by atoms with Gasteiger partial charge in [0, 0.05) is 11.4 Å². The van der Waals surface area contributed by atoms with Crippen molar-refractivity contribution in [1.82, 2.24) is 9.55 Å². The van der Waals surface area contributed by atoms with Crippen molar-refractivity contribution in [2.45, 2.75) is 17.9 Å². The predicted octanol–water partition coefficient (Wildman–Crippen LogP) is 1.76. The molecule has 154 valence electrons. The van der Waals surface area contributed by atoms with Gasteiger partial charge >= 0.3 is 11.7 Å². The first kappa shape index (κ1) is 20.0. The molecule has 0 aliphatic carbocycles. The van der Waals surface area contributed by atoms with Gasteiger partial charge in [-0.15, -0.1) is 11.8 Å². The van der Waals surface area contributed by atoms with Crippen LogP contribution < -0.4 is 16.1 Å². The monoisotopic (exact) mass is 425 g/mol. The molecule has 30 heavy (non-hydrogen) atoms. The molecule has 0 bridgehead atoms. The first-order chi connectivity index (χ1) is 14.5. The second-order valence-electron chi connectivity index (χ2n) is 6.74. The highest BCUT2D eigenvalue weighted by Crippen LogP contribution is 2.34. The van der Waals surface area contributed by atoms with Crippen molar-refractivity contribution in [2.24, 2.45) is 0 Å². The lowest BCUT2D eigenvalue weighted by atomic mass is 10.2. The van der Waals surface area contributed by atoms with E-state index in [1.54, 1.807) is 30.3 Å². The zero-order valence-corrected chi connectivity index (χ0v) is 16.8. The van der Waals surface area contributed by atoms with Crippen LogP contribution in [-0.4, -0.2) is 40.3 Å². The van der Waals surface area contributed by atoms with Crippen molar-refractivity contribution >= 4 is 40.2 Å². The summed E-state index contributed by atoms with van der Waals surface area (Å²) in [5.41, 5.74) is 0.302. The summed E-state index contributed by atoms with van der Waals surface area (Å²) in [6, 6.07) is 14.2. The van der Waals surface area contributed by atoms with Crippen LogP contribution in [0.4, 0.5) is 5.69 Å². The van der Waals surface area contributed by atoms with Gasteiger partial charge in [0.25, 0.3) is 5.56 Å². The Morgan fingerprint density at radius 2 is 1.83 bits per heavy atom. The Bertz CT molecular complexity index is 1230. The molecule has 1 aromatic heterocycles. The van der Waals surface area contributed by atoms with Gasteiger partial charge in [0.2, 0.25) is 5.91 Å². The summed E-state index contributed by atoms with van der Waals surface area (Å²) in [7, 11) is 0. The van der Waals surface area contributed by atoms with E-state index in [2.05, 4.69) is 4.98 Å². The highest BCUT2D eigenvalue weighted by molar-refractivity contribution is 8.00. The number of carbonyl (C=O) groups excluding carboxylic acids is 2. The summed E-state index contributed by atoms with van der Waals surface area (Å²) >= 11 is 1.44. The molecule has 0 spiro atoms. The van der Waals surface area contributed by atoms with Crippen molar-refractivity contribution in [3.8, 4) is 0 Å². The van der Waals surface area contributed by atoms with Crippen LogP contribution >= 0.6 is 11.8 Å². The number of H-pyrrole nitrogens is 1. The van der Waals surface area contributed by atoms with Crippen LogP contribution in [0.5, 0.6) is 0 Å². The fourth-order valence-electron chi connectivity index (χ4n) is 3.31. The number of thioether (sulfide) groups is 1. The molecule has 1 amide bonds. The highest BCUT2D eigenvalue weighted by atomic mass is 32.2. The molecule has 1 N–H and O–H groups in total. The van der Waals surface area contributed by atoms with Crippen molar-refractivity contribution in [2.75, 3.05) is 23.8 Å². The average molecular weight is 425 g/mol. The normalized spacial score (nSPS) is 13.3. The minimum Gasteiger partial charge on any atom is -0.464 e. The molecule has 1 aliphatic rings. The predicted molar refractivity (Wildman–Crippen MR) is 114 cm³/mol. The van der Waals surface area contributed by atoms with Gasteiger partial charge in [0.1, 0.15) is 6.54 Å². The Morgan fingerprint density at radius 1 is 1.07 bits per heavy atom. The number of esters is 1. The molecule has 2 aromatic carbocycles. The Kier molecular flexibility index (Phi) is 5.71. The number of nitrogens with one attached hydrogen (secondary N) is 1. The zero-order chi connectivity index (χ0) is 21.1. The molecule has 0 saturated carbocycles. The van der Waals surface area contributed by atoms with Gasteiger partial charge in [0.15, 0.2) is 0 Å². The summed E-state index contributed by atoms with van der Waals surface area (Å²) in [6.45, 7) is -0.0166. The molecule has 1 aliphatic heterocycles. The van der Waals surface area contributed by atoms with Gasteiger partial charge in [-0.2, -0.15) is 0 Å². The molecule has 4 rings (SSSR count). The van der Waals surface area contributed by atoms with Crippen LogP contribution in [0.1, 0.15) is 6.42 Å². The number of ether oxygens (including phenoxy) is 1. The highest BCUT2D eigenvalue weighted by Gasteiger charge is 2.26. The lowest BCUT2D eigenvalue weighted by molar-refractivity contribution is -0.143. The van der Waals surface area contributed by atoms with Crippen LogP contribution in [-0.2, 0) is 20.9 Å². The number of hydrogen-bond donors (Lipinski definition) is 1. The molecule has 2 heterocycles. The summed E-state index contributed by atoms with van der Waals surface area (Å²) in [6.07, 6.45) is 0.299. The number of carbonyl (C=O) groups is 2. The van der Waals surface area contributed by atoms with E-state index in [1.807, 2.05) is 18.2 Å². The first-order valence-corrected chi connectivity index (χ1v) is 10.4. The van der Waals surface area contributed by atoms with Crippen LogP contribution in [0.2, 0.25) is 0 Å². The van der Waals surface area contributed by atoms with Crippen molar-refractivity contribution < 1.29 is 14.3 Å². The van der Waals surface area contributed by atoms with Crippen LogP contribution in [0, 0.1) is 0 Å². The molecular weight excluding hydrogens is 406 g/mol. The molecule has 0 saturated heterocycles. The number of para-hydroxylation sites is 2. The summed E-state index contributed by atoms with van der Waals surface area (Å²) in [5.74, 6) is -0.410. The summed E-state index contributed by atoms with van der Waals surface area (Å²) in [5, 5.41) is 0.425. The number of benzene rings is 2. The fourth-order valence-corrected chi connectivity index (χ4v) is 4.25. The van der Waals surface area contributed by atoms with Crippen LogP contribution in [0.15, 0.2) is 63.0 Å². The molecule has 0 radical (unpaired) electrons. The van der Waals surface area contributed by atoms with E-state index in [9.17, 15) is 19.2 Å². The van der Waals surface area contributed by atoms with Gasteiger partial charge in [-0.05, 0) is 30.7 Å². The van der Waals surface area contributed by atoms with Crippen molar-refractivity contribution in [3.63, 3.8) is 0 Å². The molecule has 0 atom stereocenters. The summed E-state index contributed by atoms with van der Waals surface area (Å²) in [4.78, 5) is 54.1. The van der Waals surface area contributed by atoms with Crippen LogP contribution in [0.3, 0.4) is 0 Å². The Hall–Kier alpha value is -3.33. The van der Waals surface area contributed by atoms with Gasteiger partial charge < -0.3 is 9.72 Å². The average Bonchev–Trinajstić information content (AvgIpc) is 2.75. The minimum absolute atomic E-state index is 0.0377. The lowest BCUT2D eigenvalue weighted by Crippen LogP contribution is -2.40. The number of fused-ring (bicyclic) bond motifs is 2. The van der Waals surface area contributed by atoms with Gasteiger partial charge in [-0.25, -0.2) is 4.79 Å². The quantitative estimate of drug-likeness (QED) is 0.477. The summed E-state index contributed by atoms with van der Waals surface area (Å²) < 4.78 is 6.32. The zero-order valence-electron chi connectivity index (χ0n) is 16.0. The maximum absolute atomic E-state index is 12.5. The number of anilines is 1. The second kappa shape index (κ2) is 8.58. The minimum atomic E-state index is -0.537. The van der Waals surface area contributed by atoms with Crippen LogP contribution in [0.25, 0.3) is 10.9 Å². The van der Waals surface area contributed by atoms with E-state index < -0.39 is 11.7 Å². The molecular formula is C21H19N3O5S. The molecule has 3 aromatic rings. The Labute approximate surface area is 175 Å². The molecule has 9 heteroatoms. The number of aromatic amines is 1. The topological polar surface area (TPSA) is 101 Å². The maximum Gasteiger partial charge on any atom is 0.328 e. The molecule has 8 nitrogen and oxygen atoms in total. The first-order valence-electron chi connectivity index (χ1n) is 9.44. The number of hydrogen-bond acceptors (Lipinski definition) is 6. The van der Waals surface area contributed by atoms with E-state index in [1.165, 1.54) is 16.7 Å². The second-order valence-corrected chi connectivity index (χ2v) is 7.76. The SMILES string of the molecule is O=C(CN1C(=O)CSc2ccccc21)OCCCn1c(=O)[nH]c2ccccc2c1=O. The van der Waals surface area contributed by atoms with E-state index in [-0.39, 0.29) is 36.9 Å². The number of nitrogens with zero attached hydrogens (tertiary/aromatic N) is 2. The molecule has 0 unspecified atom stereocenters. The number of aromatic nitrogens is 2. The number of amides is 1. The van der Waals surface area contributed by atoms with Gasteiger partial charge in [0.05, 0.1) is 29.0 Å². The van der Waals surface area contributed by atoms with Gasteiger partial charge in [-0.1, -0.05) is 24.3 Å².